The summed E-state index contributed by atoms with van der Waals surface area (Å²) in [5.74, 6) is -0.206. The van der Waals surface area contributed by atoms with Gasteiger partial charge >= 0.3 is 0 Å². The fourth-order valence-corrected chi connectivity index (χ4v) is 2.11. The van der Waals surface area contributed by atoms with Gasteiger partial charge in [0.15, 0.2) is 0 Å². The Labute approximate surface area is 124 Å². The Bertz CT molecular complexity index is 633. The summed E-state index contributed by atoms with van der Waals surface area (Å²) in [4.78, 5) is 26.8. The highest BCUT2D eigenvalue weighted by Crippen LogP contribution is 2.16. The molecule has 0 saturated carbocycles. The molecule has 1 unspecified atom stereocenters. The van der Waals surface area contributed by atoms with Gasteiger partial charge in [-0.1, -0.05) is 19.1 Å². The third-order valence-electron chi connectivity index (χ3n) is 3.49. The van der Waals surface area contributed by atoms with Crippen LogP contribution >= 0.6 is 0 Å². The van der Waals surface area contributed by atoms with Crippen molar-refractivity contribution in [3.8, 4) is 0 Å². The van der Waals surface area contributed by atoms with Crippen LogP contribution in [0.4, 0.5) is 0 Å². The fourth-order valence-electron chi connectivity index (χ4n) is 2.11. The summed E-state index contributed by atoms with van der Waals surface area (Å²) < 4.78 is 0. The number of rotatable bonds is 6. The zero-order valence-electron chi connectivity index (χ0n) is 12.4. The number of hydrogen-bond acceptors (Lipinski definition) is 2. The molecule has 1 heterocycles. The number of fused-ring (bicyclic) bond motifs is 1. The molecule has 0 bridgehead atoms. The van der Waals surface area contributed by atoms with E-state index in [0.29, 0.717) is 12.1 Å². The van der Waals surface area contributed by atoms with Gasteiger partial charge in [0.2, 0.25) is 5.91 Å². The van der Waals surface area contributed by atoms with Crippen LogP contribution in [-0.4, -0.2) is 29.4 Å². The molecule has 1 aromatic carbocycles. The molecule has 1 atom stereocenters. The number of aromatic nitrogens is 1. The number of H-pyrrole nitrogens is 1. The van der Waals surface area contributed by atoms with Gasteiger partial charge < -0.3 is 15.6 Å². The lowest BCUT2D eigenvalue weighted by atomic mass is 10.1. The summed E-state index contributed by atoms with van der Waals surface area (Å²) in [7, 11) is 0. The molecule has 0 saturated heterocycles. The first-order chi connectivity index (χ1) is 10.1. The van der Waals surface area contributed by atoms with Gasteiger partial charge in [-0.05, 0) is 25.5 Å². The van der Waals surface area contributed by atoms with Gasteiger partial charge in [-0.15, -0.1) is 0 Å². The maximum Gasteiger partial charge on any atom is 0.253 e. The predicted molar refractivity (Wildman–Crippen MR) is 83.1 cm³/mol. The second kappa shape index (κ2) is 6.92. The number of benzene rings is 1. The highest BCUT2D eigenvalue weighted by molar-refractivity contribution is 6.05. The molecule has 0 radical (unpaired) electrons. The normalized spacial score (nSPS) is 12.1. The number of para-hydroxylation sites is 1. The molecule has 0 aliphatic heterocycles. The number of carbonyl (C=O) groups excluding carboxylic acids is 2. The quantitative estimate of drug-likeness (QED) is 0.762. The molecule has 5 nitrogen and oxygen atoms in total. The molecule has 112 valence electrons. The molecule has 0 spiro atoms. The Morgan fingerprint density at radius 3 is 2.86 bits per heavy atom. The number of nitrogens with one attached hydrogen (secondary N) is 3. The summed E-state index contributed by atoms with van der Waals surface area (Å²) in [5.41, 5.74) is 1.42. The van der Waals surface area contributed by atoms with Crippen molar-refractivity contribution in [2.45, 2.75) is 32.7 Å². The molecular formula is C16H21N3O2. The molecule has 0 aliphatic rings. The standard InChI is InChI=1S/C16H21N3O2/c1-3-11(2)19-14(20)8-10-18-16(21)13-6-4-5-12-7-9-17-15(12)13/h4-7,9,11,17H,3,8,10H2,1-2H3,(H,18,21)(H,19,20). The summed E-state index contributed by atoms with van der Waals surface area (Å²) in [5, 5.41) is 6.65. The van der Waals surface area contributed by atoms with Crippen molar-refractivity contribution in [1.82, 2.24) is 15.6 Å². The van der Waals surface area contributed by atoms with Gasteiger partial charge in [0.05, 0.1) is 11.1 Å². The van der Waals surface area contributed by atoms with Crippen LogP contribution in [0.3, 0.4) is 0 Å². The fraction of sp³-hybridized carbons (Fsp3) is 0.375. The summed E-state index contributed by atoms with van der Waals surface area (Å²) >= 11 is 0. The first-order valence-corrected chi connectivity index (χ1v) is 7.25. The Hall–Kier alpha value is -2.30. The van der Waals surface area contributed by atoms with Crippen molar-refractivity contribution in [3.63, 3.8) is 0 Å². The first-order valence-electron chi connectivity index (χ1n) is 7.25. The summed E-state index contributed by atoms with van der Waals surface area (Å²) in [6.45, 7) is 4.31. The van der Waals surface area contributed by atoms with E-state index in [4.69, 9.17) is 0 Å². The SMILES string of the molecule is CCC(C)NC(=O)CCNC(=O)c1cccc2cc[nH]c12. The van der Waals surface area contributed by atoms with Crippen molar-refractivity contribution in [2.75, 3.05) is 6.54 Å². The monoisotopic (exact) mass is 287 g/mol. The lowest BCUT2D eigenvalue weighted by Crippen LogP contribution is -2.35. The topological polar surface area (TPSA) is 74.0 Å². The van der Waals surface area contributed by atoms with Crippen molar-refractivity contribution in [3.05, 3.63) is 36.0 Å². The van der Waals surface area contributed by atoms with Gasteiger partial charge in [0.25, 0.3) is 5.91 Å². The third-order valence-corrected chi connectivity index (χ3v) is 3.49. The number of amides is 2. The minimum absolute atomic E-state index is 0.0391. The van der Waals surface area contributed by atoms with Crippen LogP contribution in [0, 0.1) is 0 Å². The van der Waals surface area contributed by atoms with E-state index in [1.165, 1.54) is 0 Å². The van der Waals surface area contributed by atoms with Crippen LogP contribution in [0.1, 0.15) is 37.0 Å². The van der Waals surface area contributed by atoms with Gasteiger partial charge in [-0.2, -0.15) is 0 Å². The van der Waals surface area contributed by atoms with E-state index in [0.717, 1.165) is 17.3 Å². The lowest BCUT2D eigenvalue weighted by Gasteiger charge is -2.11. The largest absolute Gasteiger partial charge is 0.361 e. The number of hydrogen-bond donors (Lipinski definition) is 3. The minimum Gasteiger partial charge on any atom is -0.361 e. The van der Waals surface area contributed by atoms with Crippen LogP contribution in [0.15, 0.2) is 30.5 Å². The molecule has 0 fully saturated rings. The molecule has 3 N–H and O–H groups in total. The Balaban J connectivity index is 1.88. The van der Waals surface area contributed by atoms with E-state index in [1.54, 1.807) is 12.3 Å². The minimum atomic E-state index is -0.167. The molecule has 1 aromatic heterocycles. The highest BCUT2D eigenvalue weighted by atomic mass is 16.2. The zero-order valence-corrected chi connectivity index (χ0v) is 12.4. The van der Waals surface area contributed by atoms with E-state index in [2.05, 4.69) is 15.6 Å². The smallest absolute Gasteiger partial charge is 0.253 e. The third kappa shape index (κ3) is 3.84. The average molecular weight is 287 g/mol. The highest BCUT2D eigenvalue weighted by Gasteiger charge is 2.11. The molecule has 5 heteroatoms. The van der Waals surface area contributed by atoms with E-state index < -0.39 is 0 Å². The Morgan fingerprint density at radius 2 is 2.10 bits per heavy atom. The van der Waals surface area contributed by atoms with Crippen LogP contribution in [-0.2, 0) is 4.79 Å². The maximum atomic E-state index is 12.2. The first kappa shape index (κ1) is 15.1. The van der Waals surface area contributed by atoms with Crippen LogP contribution in [0.2, 0.25) is 0 Å². The number of carbonyl (C=O) groups is 2. The molecule has 2 aromatic rings. The van der Waals surface area contributed by atoms with Crippen molar-refractivity contribution in [2.24, 2.45) is 0 Å². The molecule has 21 heavy (non-hydrogen) atoms. The predicted octanol–water partition coefficient (Wildman–Crippen LogP) is 2.20. The Kier molecular flexibility index (Phi) is 4.98. The van der Waals surface area contributed by atoms with E-state index in [9.17, 15) is 9.59 Å². The summed E-state index contributed by atoms with van der Waals surface area (Å²) in [6, 6.07) is 7.66. The van der Waals surface area contributed by atoms with Crippen LogP contribution in [0.5, 0.6) is 0 Å². The van der Waals surface area contributed by atoms with Crippen molar-refractivity contribution in [1.29, 1.82) is 0 Å². The van der Waals surface area contributed by atoms with E-state index in [1.807, 2.05) is 32.0 Å². The molecule has 2 rings (SSSR count). The van der Waals surface area contributed by atoms with E-state index >= 15 is 0 Å². The second-order valence-corrected chi connectivity index (χ2v) is 5.13. The Morgan fingerprint density at radius 1 is 1.29 bits per heavy atom. The van der Waals surface area contributed by atoms with Gasteiger partial charge in [0.1, 0.15) is 0 Å². The number of aromatic amines is 1. The van der Waals surface area contributed by atoms with Crippen LogP contribution in [0.25, 0.3) is 10.9 Å². The molecule has 2 amide bonds. The lowest BCUT2D eigenvalue weighted by molar-refractivity contribution is -0.121. The van der Waals surface area contributed by atoms with Gasteiger partial charge in [-0.25, -0.2) is 0 Å². The van der Waals surface area contributed by atoms with Gasteiger partial charge in [0, 0.05) is 30.6 Å². The zero-order chi connectivity index (χ0) is 15.2. The maximum absolute atomic E-state index is 12.2. The average Bonchev–Trinajstić information content (AvgIpc) is 2.95. The second-order valence-electron chi connectivity index (χ2n) is 5.13. The summed E-state index contributed by atoms with van der Waals surface area (Å²) in [6.07, 6.45) is 2.99. The van der Waals surface area contributed by atoms with Crippen LogP contribution < -0.4 is 10.6 Å². The van der Waals surface area contributed by atoms with Crippen molar-refractivity contribution >= 4 is 22.7 Å². The van der Waals surface area contributed by atoms with Gasteiger partial charge in [-0.3, -0.25) is 9.59 Å². The molecule has 0 aliphatic carbocycles. The van der Waals surface area contributed by atoms with E-state index in [-0.39, 0.29) is 24.3 Å². The molecular weight excluding hydrogens is 266 g/mol. The van der Waals surface area contributed by atoms with Crippen molar-refractivity contribution < 1.29 is 9.59 Å².